The first-order chi connectivity index (χ1) is 47.6. The Morgan fingerprint density at radius 1 is 0.240 bits per heavy atom. The fourth-order valence-corrected chi connectivity index (χ4v) is 15.9. The Bertz CT molecular complexity index is 2520. The maximum absolute atomic E-state index is 5.82. The number of fused-ring (bicyclic) bond motifs is 8. The van der Waals surface area contributed by atoms with Crippen molar-refractivity contribution < 1.29 is 0 Å². The summed E-state index contributed by atoms with van der Waals surface area (Å²) in [5, 5.41) is 0. The van der Waals surface area contributed by atoms with Gasteiger partial charge in [0.25, 0.3) is 0 Å². The van der Waals surface area contributed by atoms with Gasteiger partial charge in [0, 0.05) is 27.6 Å². The van der Waals surface area contributed by atoms with E-state index in [9.17, 15) is 0 Å². The molecule has 2 aliphatic heterocycles. The van der Waals surface area contributed by atoms with Crippen LogP contribution in [0, 0.1) is 0 Å². The van der Waals surface area contributed by atoms with Gasteiger partial charge in [-0.05, 0) is 117 Å². The lowest BCUT2D eigenvalue weighted by molar-refractivity contribution is 0.528. The molecule has 0 aliphatic carbocycles. The van der Waals surface area contributed by atoms with Gasteiger partial charge >= 0.3 is 0 Å². The number of nitrogens with zero attached hydrogens (tertiary/aromatic N) is 2. The number of hydrogen-bond acceptors (Lipinski definition) is 2. The van der Waals surface area contributed by atoms with Crippen LogP contribution in [0.4, 0.5) is 0 Å². The number of hydrogen-bond donors (Lipinski definition) is 2. The molecule has 3 aromatic rings. The lowest BCUT2D eigenvalue weighted by atomic mass is 9.93. The number of aryl methyl sites for hydroxylation is 3. The maximum atomic E-state index is 5.82. The van der Waals surface area contributed by atoms with E-state index in [1.165, 1.54) is 439 Å². The number of nitrogens with one attached hydrogen (secondary N) is 2. The molecule has 0 atom stereocenters. The van der Waals surface area contributed by atoms with E-state index in [4.69, 9.17) is 9.97 Å². The molecule has 4 nitrogen and oxygen atoms in total. The highest BCUT2D eigenvalue weighted by molar-refractivity contribution is 5.88. The largest absolute Gasteiger partial charge is 0.355 e. The molecule has 5 rings (SSSR count). The van der Waals surface area contributed by atoms with Crippen LogP contribution < -0.4 is 0 Å². The summed E-state index contributed by atoms with van der Waals surface area (Å²) in [6.45, 7) is 9.31. The van der Waals surface area contributed by atoms with Crippen molar-refractivity contribution in [3.8, 4) is 0 Å². The van der Waals surface area contributed by atoms with Gasteiger partial charge in [0.05, 0.1) is 22.8 Å². The molecule has 3 aromatic heterocycles. The molecule has 0 radical (unpaired) electrons. The Hall–Kier alpha value is -3.40. The molecule has 96 heavy (non-hydrogen) atoms. The van der Waals surface area contributed by atoms with E-state index in [1.807, 2.05) is 0 Å². The SMILES string of the molecule is CCCCCCCCCCCCCCCCCCC1=Cc2cc3ccc(cc4nc(cc5[nH]c(c(CCCCCCCCCCCCCCCCCC)c1n2)c(CCCCCCCCCCCCCCCCCC)c5CCCCCCCCCCCCCCCCCC)C=C4)[nH]3. The van der Waals surface area contributed by atoms with Crippen LogP contribution in [0.15, 0.2) is 30.3 Å². The molecule has 0 fully saturated rings. The van der Waals surface area contributed by atoms with Crippen LogP contribution in [0.1, 0.15) is 485 Å². The van der Waals surface area contributed by atoms with Gasteiger partial charge in [0.15, 0.2) is 0 Å². The zero-order chi connectivity index (χ0) is 67.5. The van der Waals surface area contributed by atoms with E-state index >= 15 is 0 Å². The predicted molar refractivity (Wildman–Crippen MR) is 432 cm³/mol. The number of aromatic amines is 2. The summed E-state index contributed by atoms with van der Waals surface area (Å²) in [5.74, 6) is 0. The summed E-state index contributed by atoms with van der Waals surface area (Å²) in [5.41, 5.74) is 15.7. The molecule has 0 saturated carbocycles. The second-order valence-corrected chi connectivity index (χ2v) is 31.2. The van der Waals surface area contributed by atoms with Crippen LogP contribution in [-0.2, 0) is 19.3 Å². The van der Waals surface area contributed by atoms with Gasteiger partial charge < -0.3 is 9.97 Å². The fourth-order valence-electron chi connectivity index (χ4n) is 15.9. The quantitative estimate of drug-likeness (QED) is 0.0433. The minimum atomic E-state index is 1.02. The standard InChI is InChI=1S/C92H158N4/c1-5-9-13-17-21-25-29-33-37-41-45-49-53-57-61-65-69-81-77-86-79-84-74-73-82(93-84)78-83-75-76-85(94-83)80-90-87(70-66-62-58-54-50-46-42-38-34-30-26-22-18-14-10-6-2)88(71-67-63-59-55-51-47-43-39-35-31-27-23-19-15-11-7-3)92(96-90)89(91(81)95-86)72-68-64-60-56-52-48-44-40-36-32-28-24-20-16-12-8-4/h73-80,93,96H,5-72H2,1-4H3. The van der Waals surface area contributed by atoms with Gasteiger partial charge in [-0.25, -0.2) is 9.97 Å². The van der Waals surface area contributed by atoms with Gasteiger partial charge in [-0.3, -0.25) is 0 Å². The molecule has 8 bridgehead atoms. The van der Waals surface area contributed by atoms with Crippen molar-refractivity contribution in [2.75, 3.05) is 0 Å². The van der Waals surface area contributed by atoms with Crippen LogP contribution >= 0.6 is 0 Å². The molecular formula is C92H158N4. The van der Waals surface area contributed by atoms with Crippen LogP contribution in [0.5, 0.6) is 0 Å². The Balaban J connectivity index is 1.34. The molecule has 5 heterocycles. The average molecular weight is 1320 g/mol. The van der Waals surface area contributed by atoms with Crippen molar-refractivity contribution in [1.29, 1.82) is 0 Å². The first kappa shape index (κ1) is 83.3. The number of H-pyrrole nitrogens is 2. The van der Waals surface area contributed by atoms with Gasteiger partial charge in [-0.15, -0.1) is 0 Å². The van der Waals surface area contributed by atoms with E-state index in [1.54, 1.807) is 11.1 Å². The Kier molecular flexibility index (Phi) is 51.4. The van der Waals surface area contributed by atoms with Crippen LogP contribution in [0.3, 0.4) is 0 Å². The van der Waals surface area contributed by atoms with E-state index in [-0.39, 0.29) is 0 Å². The second-order valence-electron chi connectivity index (χ2n) is 31.2. The summed E-state index contributed by atoms with van der Waals surface area (Å²) in [7, 11) is 0. The number of allylic oxidation sites excluding steroid dienone is 1. The molecule has 0 saturated heterocycles. The third-order valence-corrected chi connectivity index (χ3v) is 22.2. The maximum Gasteiger partial charge on any atom is 0.0722 e. The first-order valence-corrected chi connectivity index (χ1v) is 43.8. The van der Waals surface area contributed by atoms with Crippen molar-refractivity contribution in [1.82, 2.24) is 19.9 Å². The number of unbranched alkanes of at least 4 members (excludes halogenated alkanes) is 60. The molecule has 0 unspecified atom stereocenters. The van der Waals surface area contributed by atoms with Crippen molar-refractivity contribution in [2.45, 2.75) is 464 Å². The molecule has 0 aromatic carbocycles. The van der Waals surface area contributed by atoms with Gasteiger partial charge in [0.2, 0.25) is 0 Å². The van der Waals surface area contributed by atoms with Crippen molar-refractivity contribution in [3.63, 3.8) is 0 Å². The van der Waals surface area contributed by atoms with E-state index in [2.05, 4.69) is 86.2 Å². The number of rotatable bonds is 68. The summed E-state index contributed by atoms with van der Waals surface area (Å²) >= 11 is 0. The topological polar surface area (TPSA) is 57.4 Å². The number of aromatic nitrogens is 4. The predicted octanol–water partition coefficient (Wildman–Crippen LogP) is 32.1. The van der Waals surface area contributed by atoms with Gasteiger partial charge in [-0.2, -0.15) is 0 Å². The van der Waals surface area contributed by atoms with Crippen molar-refractivity contribution in [2.24, 2.45) is 0 Å². The zero-order valence-corrected chi connectivity index (χ0v) is 64.6. The van der Waals surface area contributed by atoms with E-state index in [0.717, 1.165) is 53.8 Å². The van der Waals surface area contributed by atoms with Crippen molar-refractivity contribution in [3.05, 3.63) is 69.8 Å². The van der Waals surface area contributed by atoms with Crippen molar-refractivity contribution >= 4 is 45.9 Å². The third kappa shape index (κ3) is 40.1. The summed E-state index contributed by atoms with van der Waals surface area (Å²) in [6, 6.07) is 11.4. The first-order valence-electron chi connectivity index (χ1n) is 43.8. The lowest BCUT2D eigenvalue weighted by Gasteiger charge is -2.12. The van der Waals surface area contributed by atoms with E-state index < -0.39 is 0 Å². The van der Waals surface area contributed by atoms with E-state index in [0.29, 0.717) is 0 Å². The smallest absolute Gasteiger partial charge is 0.0722 e. The normalized spacial score (nSPS) is 12.3. The lowest BCUT2D eigenvalue weighted by Crippen LogP contribution is -1.99. The van der Waals surface area contributed by atoms with Gasteiger partial charge in [-0.1, -0.05) is 413 Å². The third-order valence-electron chi connectivity index (χ3n) is 22.2. The van der Waals surface area contributed by atoms with Crippen LogP contribution in [-0.4, -0.2) is 19.9 Å². The Morgan fingerprint density at radius 2 is 0.500 bits per heavy atom. The molecule has 0 amide bonds. The highest BCUT2D eigenvalue weighted by atomic mass is 14.8. The molecular weight excluding hydrogens is 1160 g/mol. The summed E-state index contributed by atoms with van der Waals surface area (Å²) < 4.78 is 0. The highest BCUT2D eigenvalue weighted by Gasteiger charge is 2.21. The second kappa shape index (κ2) is 59.3. The molecule has 2 aliphatic rings. The highest BCUT2D eigenvalue weighted by Crippen LogP contribution is 2.36. The monoisotopic (exact) mass is 1320 g/mol. The molecule has 0 spiro atoms. The molecule has 2 N–H and O–H groups in total. The Morgan fingerprint density at radius 3 is 0.823 bits per heavy atom. The van der Waals surface area contributed by atoms with Gasteiger partial charge in [0.1, 0.15) is 0 Å². The summed E-state index contributed by atoms with van der Waals surface area (Å²) in [4.78, 5) is 19.2. The fraction of sp³-hybridized carbons (Fsp3) is 0.783. The van der Waals surface area contributed by atoms with Crippen LogP contribution in [0.25, 0.3) is 45.9 Å². The molecule has 546 valence electrons. The molecule has 4 heteroatoms. The van der Waals surface area contributed by atoms with Crippen LogP contribution in [0.2, 0.25) is 0 Å². The Labute approximate surface area is 596 Å². The minimum Gasteiger partial charge on any atom is -0.355 e. The minimum absolute atomic E-state index is 1.02. The summed E-state index contributed by atoms with van der Waals surface area (Å²) in [6.07, 6.45) is 101. The zero-order valence-electron chi connectivity index (χ0n) is 64.6. The average Bonchev–Trinajstić information content (AvgIpc) is 1.62.